The van der Waals surface area contributed by atoms with Crippen molar-refractivity contribution in [2.75, 3.05) is 25.5 Å². The number of hydrogen-bond acceptors (Lipinski definition) is 4. The van der Waals surface area contributed by atoms with Gasteiger partial charge in [0.1, 0.15) is 11.4 Å². The predicted molar refractivity (Wildman–Crippen MR) is 132 cm³/mol. The Morgan fingerprint density at radius 2 is 1.88 bits per heavy atom. The zero-order chi connectivity index (χ0) is 23.5. The van der Waals surface area contributed by atoms with E-state index in [1.165, 1.54) is 5.57 Å². The molecule has 2 amide bonds. The molecule has 3 heterocycles. The van der Waals surface area contributed by atoms with Crippen molar-refractivity contribution in [3.63, 3.8) is 0 Å². The van der Waals surface area contributed by atoms with E-state index in [0.717, 1.165) is 23.0 Å². The van der Waals surface area contributed by atoms with Crippen LogP contribution in [-0.2, 0) is 0 Å². The summed E-state index contributed by atoms with van der Waals surface area (Å²) >= 11 is 0. The van der Waals surface area contributed by atoms with Gasteiger partial charge in [-0.15, -0.1) is 0 Å². The van der Waals surface area contributed by atoms with Crippen LogP contribution in [0.25, 0.3) is 16.6 Å². The van der Waals surface area contributed by atoms with Gasteiger partial charge in [-0.1, -0.05) is 18.2 Å². The summed E-state index contributed by atoms with van der Waals surface area (Å²) in [6, 6.07) is 17.9. The lowest BCUT2D eigenvalue weighted by molar-refractivity contribution is 0.0774. The Morgan fingerprint density at radius 1 is 1.06 bits per heavy atom. The first-order valence-corrected chi connectivity index (χ1v) is 11.1. The highest BCUT2D eigenvalue weighted by Crippen LogP contribution is 2.29. The number of nitrogens with zero attached hydrogens (tertiary/aromatic N) is 2. The van der Waals surface area contributed by atoms with Gasteiger partial charge in [-0.25, -0.2) is 4.98 Å². The summed E-state index contributed by atoms with van der Waals surface area (Å²) in [6.45, 7) is 1.10. The summed E-state index contributed by atoms with van der Waals surface area (Å²) in [5, 5.41) is 3.97. The normalized spacial score (nSPS) is 13.4. The average molecular weight is 453 g/mol. The fraction of sp³-hybridized carbons (Fsp3) is 0.148. The number of nitrogens with one attached hydrogen (secondary N) is 2. The molecule has 0 fully saturated rings. The van der Waals surface area contributed by atoms with Crippen molar-refractivity contribution >= 4 is 34.1 Å². The van der Waals surface area contributed by atoms with Gasteiger partial charge >= 0.3 is 0 Å². The molecule has 1 aliphatic heterocycles. The number of rotatable bonds is 5. The fourth-order valence-corrected chi connectivity index (χ4v) is 4.21. The number of carbonyl (C=O) groups excluding carboxylic acids is 2. The standard InChI is InChI=1S/C27H24N4O3/c1-34-20-10-8-19(9-11-20)26(32)30-24-7-3-2-5-22(24)27(33)31-15-12-18(13-16-31)23-17-29-25-21(23)6-4-14-28-25/h2-12,14,17H,13,15-16H2,1H3,(H,28,29)(H,30,32). The summed E-state index contributed by atoms with van der Waals surface area (Å²) in [6.07, 6.45) is 6.58. The Labute approximate surface area is 197 Å². The number of ether oxygens (including phenoxy) is 1. The van der Waals surface area contributed by atoms with Crippen LogP contribution >= 0.6 is 0 Å². The minimum absolute atomic E-state index is 0.110. The van der Waals surface area contributed by atoms with Gasteiger partial charge in [0, 0.05) is 42.0 Å². The molecule has 4 aromatic rings. The highest BCUT2D eigenvalue weighted by atomic mass is 16.5. The second-order valence-electron chi connectivity index (χ2n) is 8.06. The molecular weight excluding hydrogens is 428 g/mol. The van der Waals surface area contributed by atoms with Gasteiger partial charge in [-0.3, -0.25) is 9.59 Å². The van der Waals surface area contributed by atoms with Crippen LogP contribution in [0.1, 0.15) is 32.7 Å². The van der Waals surface area contributed by atoms with Crippen LogP contribution < -0.4 is 10.1 Å². The van der Waals surface area contributed by atoms with Gasteiger partial charge in [-0.05, 0) is 60.5 Å². The van der Waals surface area contributed by atoms with Gasteiger partial charge in [0.2, 0.25) is 0 Å². The van der Waals surface area contributed by atoms with Crippen LogP contribution in [0.4, 0.5) is 5.69 Å². The quantitative estimate of drug-likeness (QED) is 0.457. The SMILES string of the molecule is COc1ccc(C(=O)Nc2ccccc2C(=O)N2CC=C(c3c[nH]c4ncccc34)CC2)cc1. The van der Waals surface area contributed by atoms with Crippen LogP contribution in [0.3, 0.4) is 0 Å². The number of aromatic amines is 1. The van der Waals surface area contributed by atoms with Crippen molar-refractivity contribution in [1.82, 2.24) is 14.9 Å². The monoisotopic (exact) mass is 452 g/mol. The highest BCUT2D eigenvalue weighted by Gasteiger charge is 2.23. The van der Waals surface area contributed by atoms with Crippen LogP contribution in [0.2, 0.25) is 0 Å². The smallest absolute Gasteiger partial charge is 0.256 e. The maximum Gasteiger partial charge on any atom is 0.256 e. The largest absolute Gasteiger partial charge is 0.497 e. The minimum atomic E-state index is -0.281. The summed E-state index contributed by atoms with van der Waals surface area (Å²) in [5.41, 5.74) is 4.63. The third-order valence-corrected chi connectivity index (χ3v) is 6.05. The van der Waals surface area contributed by atoms with E-state index in [1.54, 1.807) is 66.7 Å². The molecule has 34 heavy (non-hydrogen) atoms. The third-order valence-electron chi connectivity index (χ3n) is 6.05. The zero-order valence-corrected chi connectivity index (χ0v) is 18.7. The van der Waals surface area contributed by atoms with E-state index in [9.17, 15) is 9.59 Å². The predicted octanol–water partition coefficient (Wildman–Crippen LogP) is 4.75. The lowest BCUT2D eigenvalue weighted by atomic mass is 9.99. The van der Waals surface area contributed by atoms with E-state index in [-0.39, 0.29) is 11.8 Å². The van der Waals surface area contributed by atoms with E-state index in [4.69, 9.17) is 4.74 Å². The molecule has 5 rings (SSSR count). The molecule has 7 nitrogen and oxygen atoms in total. The number of fused-ring (bicyclic) bond motifs is 1. The number of methoxy groups -OCH3 is 1. The molecule has 170 valence electrons. The summed E-state index contributed by atoms with van der Waals surface area (Å²) < 4.78 is 5.15. The minimum Gasteiger partial charge on any atom is -0.497 e. The average Bonchev–Trinajstić information content (AvgIpc) is 3.33. The Morgan fingerprint density at radius 3 is 2.65 bits per heavy atom. The van der Waals surface area contributed by atoms with Crippen LogP contribution in [0, 0.1) is 0 Å². The zero-order valence-electron chi connectivity index (χ0n) is 18.7. The summed E-state index contributed by atoms with van der Waals surface area (Å²) in [7, 11) is 1.58. The maximum absolute atomic E-state index is 13.3. The Bertz CT molecular complexity index is 1390. The lowest BCUT2D eigenvalue weighted by Crippen LogP contribution is -2.35. The van der Waals surface area contributed by atoms with Crippen molar-refractivity contribution in [2.24, 2.45) is 0 Å². The van der Waals surface area contributed by atoms with Gasteiger partial charge in [0.05, 0.1) is 18.4 Å². The molecule has 0 bridgehead atoms. The molecule has 7 heteroatoms. The van der Waals surface area contributed by atoms with E-state index in [1.807, 2.05) is 18.3 Å². The summed E-state index contributed by atoms with van der Waals surface area (Å²) in [5.74, 6) is 0.284. The number of anilines is 1. The van der Waals surface area contributed by atoms with E-state index < -0.39 is 0 Å². The Kier molecular flexibility index (Phi) is 5.82. The van der Waals surface area contributed by atoms with Crippen molar-refractivity contribution in [2.45, 2.75) is 6.42 Å². The fourth-order valence-electron chi connectivity index (χ4n) is 4.21. The second kappa shape index (κ2) is 9.23. The summed E-state index contributed by atoms with van der Waals surface area (Å²) in [4.78, 5) is 35.5. The molecular formula is C27H24N4O3. The number of benzene rings is 2. The van der Waals surface area contributed by atoms with Crippen molar-refractivity contribution in [1.29, 1.82) is 0 Å². The van der Waals surface area contributed by atoms with Crippen molar-refractivity contribution in [3.8, 4) is 5.75 Å². The first-order valence-electron chi connectivity index (χ1n) is 11.1. The molecule has 0 atom stereocenters. The molecule has 0 aliphatic carbocycles. The lowest BCUT2D eigenvalue weighted by Gasteiger charge is -2.27. The first kappa shape index (κ1) is 21.5. The van der Waals surface area contributed by atoms with E-state index in [2.05, 4.69) is 21.4 Å². The second-order valence-corrected chi connectivity index (χ2v) is 8.06. The molecule has 2 aromatic carbocycles. The maximum atomic E-state index is 13.3. The Balaban J connectivity index is 1.32. The molecule has 0 saturated heterocycles. The molecule has 1 aliphatic rings. The number of carbonyl (C=O) groups is 2. The number of amides is 2. The van der Waals surface area contributed by atoms with Gasteiger partial charge in [0.15, 0.2) is 0 Å². The number of H-pyrrole nitrogens is 1. The highest BCUT2D eigenvalue weighted by molar-refractivity contribution is 6.09. The molecule has 2 aromatic heterocycles. The molecule has 0 saturated carbocycles. The third kappa shape index (κ3) is 4.15. The first-order chi connectivity index (χ1) is 16.6. The Hall–Kier alpha value is -4.39. The van der Waals surface area contributed by atoms with E-state index >= 15 is 0 Å². The van der Waals surface area contributed by atoms with Gasteiger partial charge in [-0.2, -0.15) is 0 Å². The topological polar surface area (TPSA) is 87.3 Å². The number of pyridine rings is 1. The van der Waals surface area contributed by atoms with Crippen molar-refractivity contribution in [3.05, 3.63) is 95.8 Å². The van der Waals surface area contributed by atoms with E-state index in [0.29, 0.717) is 35.7 Å². The molecule has 0 radical (unpaired) electrons. The number of para-hydroxylation sites is 1. The number of aromatic nitrogens is 2. The molecule has 0 spiro atoms. The number of hydrogen-bond donors (Lipinski definition) is 2. The molecule has 2 N–H and O–H groups in total. The van der Waals surface area contributed by atoms with Gasteiger partial charge in [0.25, 0.3) is 11.8 Å². The van der Waals surface area contributed by atoms with Crippen molar-refractivity contribution < 1.29 is 14.3 Å². The van der Waals surface area contributed by atoms with Crippen LogP contribution in [0.15, 0.2) is 79.1 Å². The van der Waals surface area contributed by atoms with Gasteiger partial charge < -0.3 is 19.9 Å². The van der Waals surface area contributed by atoms with Crippen LogP contribution in [0.5, 0.6) is 5.75 Å². The molecule has 0 unspecified atom stereocenters. The van der Waals surface area contributed by atoms with Crippen LogP contribution in [-0.4, -0.2) is 46.9 Å².